The zero-order valence-corrected chi connectivity index (χ0v) is 17.8. The van der Waals surface area contributed by atoms with Crippen molar-refractivity contribution >= 4 is 38.6 Å². The van der Waals surface area contributed by atoms with Gasteiger partial charge in [0.15, 0.2) is 0 Å². The van der Waals surface area contributed by atoms with Gasteiger partial charge in [0, 0.05) is 23.5 Å². The van der Waals surface area contributed by atoms with E-state index in [-0.39, 0.29) is 0 Å². The third-order valence-electron chi connectivity index (χ3n) is 5.07. The molecule has 3 aromatic rings. The average molecular weight is 409 g/mol. The van der Waals surface area contributed by atoms with Gasteiger partial charge in [-0.1, -0.05) is 35.4 Å². The van der Waals surface area contributed by atoms with Gasteiger partial charge in [-0.2, -0.15) is 0 Å². The first-order valence-corrected chi connectivity index (χ1v) is 10.8. The first-order valence-electron chi connectivity index (χ1n) is 9.97. The number of aromatic amines is 1. The number of rotatable bonds is 3. The van der Waals surface area contributed by atoms with Crippen LogP contribution in [0.15, 0.2) is 89.9 Å². The van der Waals surface area contributed by atoms with Gasteiger partial charge >= 0.3 is 0 Å². The van der Waals surface area contributed by atoms with Gasteiger partial charge in [-0.25, -0.2) is 9.98 Å². The zero-order valence-electron chi connectivity index (χ0n) is 16.9. The quantitative estimate of drug-likeness (QED) is 0.344. The molecule has 3 nitrogen and oxygen atoms in total. The number of fused-ring (bicyclic) bond motifs is 2. The maximum atomic E-state index is 4.77. The molecule has 4 heteroatoms. The molecule has 2 aliphatic rings. The maximum absolute atomic E-state index is 4.77. The van der Waals surface area contributed by atoms with Crippen LogP contribution in [-0.4, -0.2) is 0 Å². The Kier molecular flexibility index (Phi) is 4.77. The highest BCUT2D eigenvalue weighted by atomic mass is 32.1. The first kappa shape index (κ1) is 18.5. The van der Waals surface area contributed by atoms with E-state index in [0.717, 1.165) is 33.6 Å². The molecule has 0 spiro atoms. The number of nitrogens with one attached hydrogen (secondary N) is 2. The van der Waals surface area contributed by atoms with Crippen molar-refractivity contribution in [1.82, 2.24) is 0 Å². The van der Waals surface area contributed by atoms with E-state index in [1.165, 1.54) is 20.7 Å². The van der Waals surface area contributed by atoms with Crippen LogP contribution in [-0.2, 0) is 0 Å². The predicted octanol–water partition coefficient (Wildman–Crippen LogP) is 6.41. The Hall–Kier alpha value is -3.50. The fraction of sp³-hybridized carbons (Fsp3) is 0.0769. The van der Waals surface area contributed by atoms with Crippen molar-refractivity contribution in [2.75, 3.05) is 5.32 Å². The first-order chi connectivity index (χ1) is 14.6. The Labute approximate surface area is 179 Å². The summed E-state index contributed by atoms with van der Waals surface area (Å²) in [6, 6.07) is 29.5. The number of aryl methyl sites for hydroxylation is 2. The lowest BCUT2D eigenvalue weighted by molar-refractivity contribution is -0.330. The minimum Gasteiger partial charge on any atom is -0.355 e. The average Bonchev–Trinajstić information content (AvgIpc) is 2.75. The highest BCUT2D eigenvalue weighted by Crippen LogP contribution is 2.29. The smallest absolute Gasteiger partial charge is 0.221 e. The van der Waals surface area contributed by atoms with Crippen LogP contribution in [0.1, 0.15) is 11.1 Å². The molecule has 0 saturated heterocycles. The molecule has 30 heavy (non-hydrogen) atoms. The fourth-order valence-corrected chi connectivity index (χ4v) is 4.45. The summed E-state index contributed by atoms with van der Waals surface area (Å²) >= 11 is 1.77. The minimum absolute atomic E-state index is 0.962. The lowest BCUT2D eigenvalue weighted by Crippen LogP contribution is -2.11. The van der Waals surface area contributed by atoms with E-state index >= 15 is 0 Å². The Balaban J connectivity index is 1.53. The molecule has 0 unspecified atom stereocenters. The van der Waals surface area contributed by atoms with E-state index < -0.39 is 0 Å². The highest BCUT2D eigenvalue weighted by Gasteiger charge is 2.13. The second kappa shape index (κ2) is 7.73. The Morgan fingerprint density at radius 1 is 0.733 bits per heavy atom. The molecular weight excluding hydrogens is 386 g/mol. The molecular formula is C26H22N3S+. The van der Waals surface area contributed by atoms with Crippen LogP contribution in [0.5, 0.6) is 0 Å². The van der Waals surface area contributed by atoms with Crippen LogP contribution in [0.4, 0.5) is 17.1 Å². The van der Waals surface area contributed by atoms with Crippen molar-refractivity contribution in [3.8, 4) is 10.6 Å². The molecule has 0 radical (unpaired) electrons. The van der Waals surface area contributed by atoms with Crippen LogP contribution < -0.4 is 15.7 Å². The molecule has 0 atom stereocenters. The van der Waals surface area contributed by atoms with Crippen LogP contribution in [0, 0.1) is 13.8 Å². The number of aromatic nitrogens is 1. The van der Waals surface area contributed by atoms with E-state index in [4.69, 9.17) is 4.99 Å². The molecule has 0 aromatic heterocycles. The van der Waals surface area contributed by atoms with Gasteiger partial charge in [0.05, 0.1) is 11.0 Å². The third kappa shape index (κ3) is 3.95. The van der Waals surface area contributed by atoms with Gasteiger partial charge in [-0.05, 0) is 62.4 Å². The molecule has 1 aliphatic carbocycles. The molecule has 0 fully saturated rings. The number of anilines is 2. The van der Waals surface area contributed by atoms with Gasteiger partial charge in [0.1, 0.15) is 9.58 Å². The SMILES string of the molecule is Cc1ccc(N=c2ccc3[nH+]c4ccc(Nc5ccc(C)cc5)cc4sc-3c2)cc1. The summed E-state index contributed by atoms with van der Waals surface area (Å²) in [5, 5.41) is 4.46. The van der Waals surface area contributed by atoms with Gasteiger partial charge in [-0.3, -0.25) is 0 Å². The predicted molar refractivity (Wildman–Crippen MR) is 126 cm³/mol. The lowest BCUT2D eigenvalue weighted by Gasteiger charge is -2.07. The fourth-order valence-electron chi connectivity index (χ4n) is 3.39. The molecule has 5 rings (SSSR count). The third-order valence-corrected chi connectivity index (χ3v) is 6.18. The van der Waals surface area contributed by atoms with Crippen molar-refractivity contribution in [3.05, 3.63) is 101 Å². The summed E-state index contributed by atoms with van der Waals surface area (Å²) < 4.78 is 1.20. The van der Waals surface area contributed by atoms with Crippen molar-refractivity contribution in [3.63, 3.8) is 0 Å². The van der Waals surface area contributed by atoms with Gasteiger partial charge < -0.3 is 5.32 Å². The normalized spacial score (nSPS) is 11.9. The highest BCUT2D eigenvalue weighted by molar-refractivity contribution is 7.21. The van der Waals surface area contributed by atoms with Crippen molar-refractivity contribution < 1.29 is 4.98 Å². The summed E-state index contributed by atoms with van der Waals surface area (Å²) in [5.74, 6) is 0. The maximum Gasteiger partial charge on any atom is 0.221 e. The minimum atomic E-state index is 0.962. The summed E-state index contributed by atoms with van der Waals surface area (Å²) in [4.78, 5) is 9.50. The standard InChI is InChI=1S/C26H21N3S/c1-17-3-7-19(8-4-17)27-21-11-13-23-25(15-21)30-26-16-22(12-14-24(26)29-23)28-20-9-5-18(2)6-10-20/h3-16,27H,1-2H3/p+1. The molecule has 3 aromatic carbocycles. The lowest BCUT2D eigenvalue weighted by atomic mass is 10.2. The van der Waals surface area contributed by atoms with Crippen molar-refractivity contribution in [2.24, 2.45) is 4.99 Å². The molecule has 1 heterocycles. The molecule has 0 amide bonds. The monoisotopic (exact) mass is 408 g/mol. The summed E-state index contributed by atoms with van der Waals surface area (Å²) in [5.41, 5.74) is 7.89. The Bertz CT molecular complexity index is 1370. The molecule has 2 N–H and O–H groups in total. The largest absolute Gasteiger partial charge is 0.355 e. The second-order valence-electron chi connectivity index (χ2n) is 7.56. The number of hydrogen-bond acceptors (Lipinski definition) is 3. The van der Waals surface area contributed by atoms with E-state index in [1.807, 2.05) is 0 Å². The summed E-state index contributed by atoms with van der Waals surface area (Å²) in [6.45, 7) is 4.19. The van der Waals surface area contributed by atoms with E-state index in [9.17, 15) is 0 Å². The number of hydrogen-bond donors (Lipinski definition) is 1. The van der Waals surface area contributed by atoms with Crippen LogP contribution in [0.25, 0.3) is 20.8 Å². The van der Waals surface area contributed by atoms with Crippen LogP contribution in [0.2, 0.25) is 0 Å². The zero-order chi connectivity index (χ0) is 20.5. The number of H-pyrrole nitrogens is 1. The van der Waals surface area contributed by atoms with Gasteiger partial charge in [-0.15, -0.1) is 11.3 Å². The molecule has 0 bridgehead atoms. The van der Waals surface area contributed by atoms with Crippen LogP contribution >= 0.6 is 11.3 Å². The van der Waals surface area contributed by atoms with Gasteiger partial charge in [0.25, 0.3) is 0 Å². The second-order valence-corrected chi connectivity index (χ2v) is 8.64. The topological polar surface area (TPSA) is 38.5 Å². The van der Waals surface area contributed by atoms with E-state index in [2.05, 4.69) is 109 Å². The molecule has 146 valence electrons. The van der Waals surface area contributed by atoms with Crippen molar-refractivity contribution in [1.29, 1.82) is 0 Å². The number of benzene rings is 4. The number of nitrogens with zero attached hydrogens (tertiary/aromatic N) is 1. The van der Waals surface area contributed by atoms with Crippen molar-refractivity contribution in [2.45, 2.75) is 13.8 Å². The molecule has 1 aliphatic heterocycles. The Morgan fingerprint density at radius 3 is 2.20 bits per heavy atom. The summed E-state index contributed by atoms with van der Waals surface area (Å²) in [6.07, 6.45) is 0. The summed E-state index contributed by atoms with van der Waals surface area (Å²) in [7, 11) is 0. The van der Waals surface area contributed by atoms with Crippen LogP contribution in [0.3, 0.4) is 0 Å². The van der Waals surface area contributed by atoms with Gasteiger partial charge in [0.2, 0.25) is 11.2 Å². The Morgan fingerprint density at radius 2 is 1.43 bits per heavy atom. The van der Waals surface area contributed by atoms with E-state index in [0.29, 0.717) is 0 Å². The molecule has 0 saturated carbocycles. The van der Waals surface area contributed by atoms with E-state index in [1.54, 1.807) is 11.3 Å².